The molecular weight excluding hydrogens is 284 g/mol. The number of benzene rings is 1. The highest BCUT2D eigenvalue weighted by Crippen LogP contribution is 2.11. The molecule has 0 saturated carbocycles. The molecule has 0 aliphatic heterocycles. The van der Waals surface area contributed by atoms with E-state index in [1.54, 1.807) is 0 Å². The van der Waals surface area contributed by atoms with Crippen molar-refractivity contribution in [1.82, 2.24) is 0 Å². The largest absolute Gasteiger partial charge is 0.772 e. The van der Waals surface area contributed by atoms with Crippen LogP contribution in [0.3, 0.4) is 0 Å². The van der Waals surface area contributed by atoms with Gasteiger partial charge in [0, 0.05) is 5.75 Å². The molecule has 9 heteroatoms. The minimum atomic E-state index is -4.40. The normalized spacial score (nSPS) is 13.0. The number of ether oxygens (including phenoxy) is 1. The second-order valence-corrected chi connectivity index (χ2v) is 5.58. The van der Waals surface area contributed by atoms with Gasteiger partial charge in [-0.05, 0) is 18.2 Å². The van der Waals surface area contributed by atoms with Crippen LogP contribution >= 0.6 is 0 Å². The summed E-state index contributed by atoms with van der Waals surface area (Å²) < 4.78 is 55.4. The van der Waals surface area contributed by atoms with Gasteiger partial charge >= 0.3 is 5.97 Å². The van der Waals surface area contributed by atoms with Gasteiger partial charge in [0.1, 0.15) is 6.61 Å². The molecule has 1 aromatic rings. The lowest BCUT2D eigenvalue weighted by Gasteiger charge is -2.07. The Bertz CT molecular complexity index is 564. The molecule has 1 atom stereocenters. The lowest BCUT2D eigenvalue weighted by Crippen LogP contribution is -2.12. The molecule has 1 N–H and O–H groups in total. The number of rotatable bonds is 5. The summed E-state index contributed by atoms with van der Waals surface area (Å²) in [5, 5.41) is 0. The Morgan fingerprint density at radius 1 is 1.44 bits per heavy atom. The van der Waals surface area contributed by atoms with Crippen LogP contribution in [0.4, 0.5) is 0 Å². The summed E-state index contributed by atoms with van der Waals surface area (Å²) in [5.41, 5.74) is -0.0955. The van der Waals surface area contributed by atoms with E-state index in [4.69, 9.17) is 4.55 Å². The zero-order valence-electron chi connectivity index (χ0n) is 8.94. The van der Waals surface area contributed by atoms with Gasteiger partial charge < -0.3 is 9.29 Å². The van der Waals surface area contributed by atoms with Crippen molar-refractivity contribution in [2.75, 3.05) is 12.4 Å². The molecule has 18 heavy (non-hydrogen) atoms. The molecule has 1 unspecified atom stereocenters. The van der Waals surface area contributed by atoms with Crippen molar-refractivity contribution >= 4 is 27.2 Å². The summed E-state index contributed by atoms with van der Waals surface area (Å²) in [4.78, 5) is 11.0. The topological polar surface area (TPSA) is 121 Å². The summed E-state index contributed by atoms with van der Waals surface area (Å²) in [6.45, 7) is -0.328. The van der Waals surface area contributed by atoms with E-state index >= 15 is 0 Å². The van der Waals surface area contributed by atoms with Crippen molar-refractivity contribution in [3.63, 3.8) is 0 Å². The van der Waals surface area contributed by atoms with Crippen LogP contribution < -0.4 is 0 Å². The summed E-state index contributed by atoms with van der Waals surface area (Å²) >= 11 is -2.32. The van der Waals surface area contributed by atoms with E-state index in [2.05, 4.69) is 4.74 Å². The Balaban J connectivity index is 2.78. The molecule has 0 aliphatic carbocycles. The van der Waals surface area contributed by atoms with E-state index in [0.29, 0.717) is 0 Å². The zero-order chi connectivity index (χ0) is 13.8. The molecule has 0 fully saturated rings. The predicted molar refractivity (Wildman–Crippen MR) is 60.3 cm³/mol. The molecule has 0 amide bonds. The van der Waals surface area contributed by atoms with Crippen LogP contribution in [0.5, 0.6) is 0 Å². The van der Waals surface area contributed by atoms with Crippen molar-refractivity contribution in [2.45, 2.75) is 4.90 Å². The average molecular weight is 293 g/mol. The predicted octanol–water partition coefficient (Wildman–Crippen LogP) is -0.0308. The molecule has 1 rings (SSSR count). The summed E-state index contributed by atoms with van der Waals surface area (Å²) in [5.74, 6) is -1.21. The number of carbonyl (C=O) groups is 1. The average Bonchev–Trinajstić information content (AvgIpc) is 2.27. The fourth-order valence-electron chi connectivity index (χ4n) is 1.07. The molecule has 0 saturated heterocycles. The molecular formula is C9H9O7S2-. The quantitative estimate of drug-likeness (QED) is 0.459. The molecule has 7 nitrogen and oxygen atoms in total. The molecule has 1 aromatic carbocycles. The first-order valence-corrected chi connectivity index (χ1v) is 7.29. The van der Waals surface area contributed by atoms with Crippen molar-refractivity contribution in [3.8, 4) is 0 Å². The lowest BCUT2D eigenvalue weighted by molar-refractivity contribution is 0.0528. The van der Waals surface area contributed by atoms with Gasteiger partial charge in [-0.15, -0.1) is 0 Å². The maximum atomic E-state index is 11.4. The molecule has 0 heterocycles. The highest BCUT2D eigenvalue weighted by Gasteiger charge is 2.13. The Morgan fingerprint density at radius 3 is 2.67 bits per heavy atom. The maximum Gasteiger partial charge on any atom is 0.338 e. The van der Waals surface area contributed by atoms with Crippen LogP contribution in [-0.2, 0) is 25.9 Å². The Hall–Kier alpha value is -1.29. The van der Waals surface area contributed by atoms with Crippen LogP contribution in [0.25, 0.3) is 0 Å². The minimum absolute atomic E-state index is 0.0955. The highest BCUT2D eigenvalue weighted by molar-refractivity contribution is 7.85. The highest BCUT2D eigenvalue weighted by atomic mass is 32.2. The van der Waals surface area contributed by atoms with Gasteiger partial charge in [-0.2, -0.15) is 8.42 Å². The van der Waals surface area contributed by atoms with Gasteiger partial charge in [0.25, 0.3) is 10.1 Å². The van der Waals surface area contributed by atoms with E-state index in [1.807, 2.05) is 0 Å². The Morgan fingerprint density at radius 2 is 2.11 bits per heavy atom. The number of esters is 1. The monoisotopic (exact) mass is 293 g/mol. The van der Waals surface area contributed by atoms with Gasteiger partial charge in [-0.3, -0.25) is 8.76 Å². The second kappa shape index (κ2) is 6.05. The first kappa shape index (κ1) is 14.8. The SMILES string of the molecule is O=C(OCCS(=O)[O-])c1cccc(S(=O)(=O)O)c1. The van der Waals surface area contributed by atoms with Crippen LogP contribution in [0.1, 0.15) is 10.4 Å². The third kappa shape index (κ3) is 4.53. The van der Waals surface area contributed by atoms with Crippen LogP contribution in [-0.4, -0.2) is 40.1 Å². The molecule has 0 radical (unpaired) electrons. The number of carbonyl (C=O) groups excluding carboxylic acids is 1. The van der Waals surface area contributed by atoms with Crippen LogP contribution in [0.15, 0.2) is 29.2 Å². The van der Waals surface area contributed by atoms with Gasteiger partial charge in [-0.1, -0.05) is 17.1 Å². The Kier molecular flexibility index (Phi) is 4.96. The molecule has 100 valence electrons. The van der Waals surface area contributed by atoms with E-state index in [9.17, 15) is 22.0 Å². The lowest BCUT2D eigenvalue weighted by atomic mass is 10.2. The molecule has 0 aliphatic rings. The van der Waals surface area contributed by atoms with Crippen molar-refractivity contribution in [2.24, 2.45) is 0 Å². The fraction of sp³-hybridized carbons (Fsp3) is 0.222. The van der Waals surface area contributed by atoms with Gasteiger partial charge in [0.05, 0.1) is 10.5 Å². The van der Waals surface area contributed by atoms with Crippen molar-refractivity contribution < 1.29 is 31.3 Å². The fourth-order valence-corrected chi connectivity index (χ4v) is 1.82. The molecule has 0 spiro atoms. The van der Waals surface area contributed by atoms with Crippen LogP contribution in [0.2, 0.25) is 0 Å². The van der Waals surface area contributed by atoms with E-state index in [0.717, 1.165) is 12.1 Å². The van der Waals surface area contributed by atoms with Gasteiger partial charge in [0.2, 0.25) is 0 Å². The van der Waals surface area contributed by atoms with Gasteiger partial charge in [0.15, 0.2) is 0 Å². The molecule has 0 aromatic heterocycles. The zero-order valence-corrected chi connectivity index (χ0v) is 10.6. The van der Waals surface area contributed by atoms with Gasteiger partial charge in [-0.25, -0.2) is 4.79 Å². The van der Waals surface area contributed by atoms with E-state index < -0.39 is 32.1 Å². The first-order chi connectivity index (χ1) is 8.30. The van der Waals surface area contributed by atoms with E-state index in [1.165, 1.54) is 12.1 Å². The third-order valence-corrected chi connectivity index (χ3v) is 3.20. The summed E-state index contributed by atoms with van der Waals surface area (Å²) in [6.07, 6.45) is 0. The van der Waals surface area contributed by atoms with Crippen molar-refractivity contribution in [1.29, 1.82) is 0 Å². The summed E-state index contributed by atoms with van der Waals surface area (Å²) in [6, 6.07) is 4.58. The third-order valence-electron chi connectivity index (χ3n) is 1.85. The first-order valence-electron chi connectivity index (χ1n) is 4.61. The number of hydrogen-bond acceptors (Lipinski definition) is 6. The number of hydrogen-bond donors (Lipinski definition) is 1. The van der Waals surface area contributed by atoms with Crippen LogP contribution in [0, 0.1) is 0 Å². The minimum Gasteiger partial charge on any atom is -0.772 e. The van der Waals surface area contributed by atoms with Crippen molar-refractivity contribution in [3.05, 3.63) is 29.8 Å². The smallest absolute Gasteiger partial charge is 0.338 e. The second-order valence-electron chi connectivity index (χ2n) is 3.15. The maximum absolute atomic E-state index is 11.4. The standard InChI is InChI=1S/C9H10O7S2/c10-9(16-4-5-17(11)12)7-2-1-3-8(6-7)18(13,14)15/h1-3,6H,4-5H2,(H,11,12)(H,13,14,15)/p-1. The van der Waals surface area contributed by atoms with E-state index in [-0.39, 0.29) is 17.9 Å². The molecule has 0 bridgehead atoms. The Labute approximate surface area is 106 Å². The summed E-state index contributed by atoms with van der Waals surface area (Å²) in [7, 11) is -4.40.